The van der Waals surface area contributed by atoms with Crippen LogP contribution in [-0.4, -0.2) is 24.2 Å². The quantitative estimate of drug-likeness (QED) is 0.836. The van der Waals surface area contributed by atoms with Crippen molar-refractivity contribution in [2.75, 3.05) is 13.2 Å². The number of nitrogens with two attached hydrogens (primary N) is 1. The first kappa shape index (κ1) is 11.7. The lowest BCUT2D eigenvalue weighted by Crippen LogP contribution is -2.42. The molecule has 18 heavy (non-hydrogen) atoms. The maximum absolute atomic E-state index is 6.11. The fourth-order valence-corrected chi connectivity index (χ4v) is 2.53. The molecule has 0 saturated carbocycles. The van der Waals surface area contributed by atoms with Crippen molar-refractivity contribution in [3.63, 3.8) is 0 Å². The van der Waals surface area contributed by atoms with E-state index in [0.717, 1.165) is 16.7 Å². The Morgan fingerprint density at radius 3 is 2.83 bits per heavy atom. The molecule has 2 heterocycles. The van der Waals surface area contributed by atoms with Gasteiger partial charge in [0.1, 0.15) is 5.52 Å². The minimum Gasteiger partial charge on any atom is -0.440 e. The zero-order chi connectivity index (χ0) is 12.9. The standard InChI is InChI=1S/C14H18N2O2/c1-8-4-9(2)12-10(5-8)16-13(18-12)14(3)7-17-6-11(14)15/h4-5,11H,6-7,15H2,1-3H3. The number of aryl methyl sites for hydroxylation is 2. The maximum atomic E-state index is 6.11. The second kappa shape index (κ2) is 3.80. The van der Waals surface area contributed by atoms with Gasteiger partial charge in [-0.1, -0.05) is 6.07 Å². The number of ether oxygens (including phenoxy) is 1. The third kappa shape index (κ3) is 1.56. The summed E-state index contributed by atoms with van der Waals surface area (Å²) in [6.07, 6.45) is 0. The first-order valence-electron chi connectivity index (χ1n) is 6.22. The molecule has 2 N–H and O–H groups in total. The fourth-order valence-electron chi connectivity index (χ4n) is 2.53. The second-order valence-corrected chi connectivity index (χ2v) is 5.49. The van der Waals surface area contributed by atoms with E-state index in [0.29, 0.717) is 19.1 Å². The summed E-state index contributed by atoms with van der Waals surface area (Å²) in [4.78, 5) is 4.61. The lowest BCUT2D eigenvalue weighted by molar-refractivity contribution is 0.173. The lowest BCUT2D eigenvalue weighted by Gasteiger charge is -2.22. The lowest BCUT2D eigenvalue weighted by atomic mass is 9.86. The number of oxazole rings is 1. The van der Waals surface area contributed by atoms with Crippen molar-refractivity contribution in [3.8, 4) is 0 Å². The van der Waals surface area contributed by atoms with Gasteiger partial charge in [0.2, 0.25) is 5.89 Å². The molecule has 0 aliphatic carbocycles. The van der Waals surface area contributed by atoms with Crippen molar-refractivity contribution in [2.45, 2.75) is 32.2 Å². The highest BCUT2D eigenvalue weighted by Crippen LogP contribution is 2.34. The number of hydrogen-bond donors (Lipinski definition) is 1. The normalized spacial score (nSPS) is 28.1. The van der Waals surface area contributed by atoms with E-state index in [2.05, 4.69) is 24.9 Å². The fraction of sp³-hybridized carbons (Fsp3) is 0.500. The van der Waals surface area contributed by atoms with Crippen LogP contribution in [0.15, 0.2) is 16.5 Å². The zero-order valence-electron chi connectivity index (χ0n) is 11.0. The average Bonchev–Trinajstić information content (AvgIpc) is 2.85. The summed E-state index contributed by atoms with van der Waals surface area (Å²) in [6.45, 7) is 7.29. The minimum atomic E-state index is -0.320. The Morgan fingerprint density at radius 1 is 1.39 bits per heavy atom. The summed E-state index contributed by atoms with van der Waals surface area (Å²) in [5, 5.41) is 0. The van der Waals surface area contributed by atoms with Gasteiger partial charge < -0.3 is 14.9 Å². The molecule has 0 amide bonds. The molecule has 0 bridgehead atoms. The molecule has 1 fully saturated rings. The van der Waals surface area contributed by atoms with Crippen molar-refractivity contribution in [2.24, 2.45) is 5.73 Å². The molecule has 96 valence electrons. The van der Waals surface area contributed by atoms with Crippen molar-refractivity contribution in [3.05, 3.63) is 29.2 Å². The van der Waals surface area contributed by atoms with Crippen LogP contribution in [0, 0.1) is 13.8 Å². The molecule has 2 aromatic rings. The van der Waals surface area contributed by atoms with Crippen molar-refractivity contribution in [1.29, 1.82) is 0 Å². The number of hydrogen-bond acceptors (Lipinski definition) is 4. The average molecular weight is 246 g/mol. The highest BCUT2D eigenvalue weighted by atomic mass is 16.5. The largest absolute Gasteiger partial charge is 0.440 e. The van der Waals surface area contributed by atoms with Gasteiger partial charge in [-0.15, -0.1) is 0 Å². The number of benzene rings is 1. The molecule has 0 radical (unpaired) electrons. The van der Waals surface area contributed by atoms with Gasteiger partial charge in [0, 0.05) is 6.04 Å². The van der Waals surface area contributed by atoms with Gasteiger partial charge in [0.25, 0.3) is 0 Å². The predicted molar refractivity (Wildman–Crippen MR) is 69.6 cm³/mol. The van der Waals surface area contributed by atoms with E-state index in [1.807, 2.05) is 13.0 Å². The molecule has 1 saturated heterocycles. The SMILES string of the molecule is Cc1cc(C)c2oc(C3(C)COCC3N)nc2c1. The van der Waals surface area contributed by atoms with Crippen LogP contribution in [0.3, 0.4) is 0 Å². The maximum Gasteiger partial charge on any atom is 0.205 e. The van der Waals surface area contributed by atoms with Crippen molar-refractivity contribution < 1.29 is 9.15 Å². The summed E-state index contributed by atoms with van der Waals surface area (Å²) in [7, 11) is 0. The van der Waals surface area contributed by atoms with Gasteiger partial charge in [0.05, 0.1) is 18.6 Å². The number of rotatable bonds is 1. The molecular weight excluding hydrogens is 228 g/mol. The Balaban J connectivity index is 2.17. The minimum absolute atomic E-state index is 0.0630. The molecule has 4 nitrogen and oxygen atoms in total. The molecule has 4 heteroatoms. The first-order valence-corrected chi connectivity index (χ1v) is 6.22. The van der Waals surface area contributed by atoms with E-state index < -0.39 is 0 Å². The molecule has 1 aromatic carbocycles. The second-order valence-electron chi connectivity index (χ2n) is 5.49. The van der Waals surface area contributed by atoms with Crippen LogP contribution >= 0.6 is 0 Å². The number of aromatic nitrogens is 1. The van der Waals surface area contributed by atoms with E-state index >= 15 is 0 Å². The smallest absolute Gasteiger partial charge is 0.205 e. The van der Waals surface area contributed by atoms with Gasteiger partial charge >= 0.3 is 0 Å². The Hall–Kier alpha value is -1.39. The summed E-state index contributed by atoms with van der Waals surface area (Å²) in [6, 6.07) is 4.08. The molecule has 2 atom stereocenters. The summed E-state index contributed by atoms with van der Waals surface area (Å²) in [5.74, 6) is 0.691. The third-order valence-corrected chi connectivity index (χ3v) is 3.83. The number of nitrogens with zero attached hydrogens (tertiary/aromatic N) is 1. The van der Waals surface area contributed by atoms with E-state index in [9.17, 15) is 0 Å². The van der Waals surface area contributed by atoms with Crippen LogP contribution in [0.1, 0.15) is 23.9 Å². The van der Waals surface area contributed by atoms with E-state index in [4.69, 9.17) is 14.9 Å². The predicted octanol–water partition coefficient (Wildman–Crippen LogP) is 2.06. The van der Waals surface area contributed by atoms with E-state index in [1.165, 1.54) is 5.56 Å². The van der Waals surface area contributed by atoms with Gasteiger partial charge in [0.15, 0.2) is 5.58 Å². The van der Waals surface area contributed by atoms with Crippen LogP contribution in [0.5, 0.6) is 0 Å². The topological polar surface area (TPSA) is 61.3 Å². The van der Waals surface area contributed by atoms with Crippen LogP contribution < -0.4 is 5.73 Å². The Bertz CT molecular complexity index is 605. The van der Waals surface area contributed by atoms with Crippen molar-refractivity contribution in [1.82, 2.24) is 4.98 Å². The van der Waals surface area contributed by atoms with E-state index in [-0.39, 0.29) is 11.5 Å². The van der Waals surface area contributed by atoms with Gasteiger partial charge in [-0.2, -0.15) is 0 Å². The molecule has 3 rings (SSSR count). The van der Waals surface area contributed by atoms with Gasteiger partial charge in [-0.3, -0.25) is 0 Å². The molecule has 1 aromatic heterocycles. The van der Waals surface area contributed by atoms with Crippen molar-refractivity contribution >= 4 is 11.1 Å². The van der Waals surface area contributed by atoms with Crippen LogP contribution in [-0.2, 0) is 10.2 Å². The number of fused-ring (bicyclic) bond motifs is 1. The summed E-state index contributed by atoms with van der Waals surface area (Å²) < 4.78 is 11.4. The molecule has 1 aliphatic rings. The van der Waals surface area contributed by atoms with Gasteiger partial charge in [-0.25, -0.2) is 4.98 Å². The Morgan fingerprint density at radius 2 is 2.17 bits per heavy atom. The molecule has 0 spiro atoms. The Labute approximate surface area is 106 Å². The van der Waals surface area contributed by atoms with Crippen LogP contribution in [0.4, 0.5) is 0 Å². The molecule has 2 unspecified atom stereocenters. The Kier molecular flexibility index (Phi) is 2.47. The summed E-state index contributed by atoms with van der Waals surface area (Å²) in [5.41, 5.74) is 9.86. The third-order valence-electron chi connectivity index (χ3n) is 3.83. The van der Waals surface area contributed by atoms with E-state index in [1.54, 1.807) is 0 Å². The molecule has 1 aliphatic heterocycles. The van der Waals surface area contributed by atoms with Gasteiger partial charge in [-0.05, 0) is 38.0 Å². The zero-order valence-corrected chi connectivity index (χ0v) is 11.0. The highest BCUT2D eigenvalue weighted by molar-refractivity contribution is 5.77. The monoisotopic (exact) mass is 246 g/mol. The van der Waals surface area contributed by atoms with Crippen LogP contribution in [0.25, 0.3) is 11.1 Å². The molecular formula is C14H18N2O2. The summed E-state index contributed by atoms with van der Waals surface area (Å²) >= 11 is 0. The highest BCUT2D eigenvalue weighted by Gasteiger charge is 2.43. The van der Waals surface area contributed by atoms with Crippen LogP contribution in [0.2, 0.25) is 0 Å². The first-order chi connectivity index (χ1) is 8.50.